The van der Waals surface area contributed by atoms with E-state index in [1.807, 2.05) is 36.5 Å². The highest BCUT2D eigenvalue weighted by molar-refractivity contribution is 5.87. The Morgan fingerprint density at radius 3 is 2.34 bits per heavy atom. The van der Waals surface area contributed by atoms with Gasteiger partial charge < -0.3 is 20.1 Å². The zero-order chi connectivity index (χ0) is 29.3. The van der Waals surface area contributed by atoms with E-state index in [0.29, 0.717) is 18.3 Å². The Balaban J connectivity index is 1.57. The predicted octanol–water partition coefficient (Wildman–Crippen LogP) is 6.34. The van der Waals surface area contributed by atoms with Crippen molar-refractivity contribution in [2.24, 2.45) is 23.2 Å². The second-order valence-electron chi connectivity index (χ2n) is 13.6. The number of rotatable bonds is 8. The molecule has 2 saturated carbocycles. The molecule has 1 saturated heterocycles. The summed E-state index contributed by atoms with van der Waals surface area (Å²) in [5.74, 6) is -0.0458. The van der Waals surface area contributed by atoms with Gasteiger partial charge in [0.15, 0.2) is 0 Å². The SMILES string of the molecule is COc1ncc(C2CCC2)cc1CN[C@H]1[C@H](C(C)(C)C)[C@@H](C(=O)O)N(C(=O)C2CCCCC2C)[C@H]1c1ccccc1. The van der Waals surface area contributed by atoms with Gasteiger partial charge in [-0.2, -0.15) is 0 Å². The van der Waals surface area contributed by atoms with Gasteiger partial charge in [0.05, 0.1) is 13.2 Å². The van der Waals surface area contributed by atoms with Crippen molar-refractivity contribution in [3.63, 3.8) is 0 Å². The average Bonchev–Trinajstić information content (AvgIpc) is 3.27. The molecule has 7 heteroatoms. The van der Waals surface area contributed by atoms with Crippen molar-refractivity contribution in [2.45, 2.75) is 103 Å². The van der Waals surface area contributed by atoms with Crippen molar-refractivity contribution < 1.29 is 19.4 Å². The van der Waals surface area contributed by atoms with Crippen LogP contribution in [0, 0.1) is 23.2 Å². The smallest absolute Gasteiger partial charge is 0.326 e. The van der Waals surface area contributed by atoms with E-state index in [9.17, 15) is 14.7 Å². The normalized spacial score (nSPS) is 28.8. The second kappa shape index (κ2) is 12.1. The first-order chi connectivity index (χ1) is 19.6. The summed E-state index contributed by atoms with van der Waals surface area (Å²) >= 11 is 0. The molecule has 0 radical (unpaired) electrons. The van der Waals surface area contributed by atoms with Crippen molar-refractivity contribution in [2.75, 3.05) is 7.11 Å². The topological polar surface area (TPSA) is 91.8 Å². The molecule has 3 aliphatic rings. The molecule has 2 N–H and O–H groups in total. The molecule has 6 atom stereocenters. The van der Waals surface area contributed by atoms with Crippen LogP contribution in [0.5, 0.6) is 5.88 Å². The van der Waals surface area contributed by atoms with E-state index in [1.165, 1.54) is 24.8 Å². The molecule has 2 unspecified atom stereocenters. The summed E-state index contributed by atoms with van der Waals surface area (Å²) in [7, 11) is 1.64. The van der Waals surface area contributed by atoms with Gasteiger partial charge in [0, 0.05) is 36.2 Å². The summed E-state index contributed by atoms with van der Waals surface area (Å²) in [4.78, 5) is 34.0. The Hall–Kier alpha value is -2.93. The fourth-order valence-electron chi connectivity index (χ4n) is 7.62. The lowest BCUT2D eigenvalue weighted by Gasteiger charge is -2.37. The van der Waals surface area contributed by atoms with Gasteiger partial charge in [0.25, 0.3) is 0 Å². The van der Waals surface area contributed by atoms with E-state index in [-0.39, 0.29) is 35.1 Å². The van der Waals surface area contributed by atoms with Crippen molar-refractivity contribution in [1.29, 1.82) is 0 Å². The summed E-state index contributed by atoms with van der Waals surface area (Å²) in [6, 6.07) is 10.6. The number of carbonyl (C=O) groups excluding carboxylic acids is 1. The van der Waals surface area contributed by atoms with E-state index < -0.39 is 18.1 Å². The van der Waals surface area contributed by atoms with E-state index in [2.05, 4.69) is 44.1 Å². The van der Waals surface area contributed by atoms with Crippen LogP contribution in [0.3, 0.4) is 0 Å². The Morgan fingerprint density at radius 1 is 1.05 bits per heavy atom. The minimum absolute atomic E-state index is 0.0109. The number of aromatic nitrogens is 1. The third kappa shape index (κ3) is 5.88. The van der Waals surface area contributed by atoms with Crippen LogP contribution in [-0.4, -0.2) is 46.1 Å². The van der Waals surface area contributed by atoms with Gasteiger partial charge in [-0.1, -0.05) is 77.3 Å². The van der Waals surface area contributed by atoms with Crippen molar-refractivity contribution in [1.82, 2.24) is 15.2 Å². The number of carboxylic acids is 1. The number of benzene rings is 1. The number of hydrogen-bond acceptors (Lipinski definition) is 5. The third-order valence-corrected chi connectivity index (χ3v) is 9.99. The summed E-state index contributed by atoms with van der Waals surface area (Å²) in [5, 5.41) is 14.5. The largest absolute Gasteiger partial charge is 0.481 e. The van der Waals surface area contributed by atoms with Crippen LogP contribution in [0.1, 0.15) is 101 Å². The summed E-state index contributed by atoms with van der Waals surface area (Å²) in [6.45, 7) is 8.92. The Labute approximate surface area is 245 Å². The molecule has 1 aromatic carbocycles. The quantitative estimate of drug-likeness (QED) is 0.391. The number of pyridine rings is 1. The van der Waals surface area contributed by atoms with E-state index in [4.69, 9.17) is 4.74 Å². The molecule has 5 rings (SSSR count). The first-order valence-electron chi connectivity index (χ1n) is 15.5. The lowest BCUT2D eigenvalue weighted by Crippen LogP contribution is -2.50. The van der Waals surface area contributed by atoms with Crippen LogP contribution in [0.25, 0.3) is 0 Å². The first kappa shape index (κ1) is 29.6. The number of nitrogens with one attached hydrogen (secondary N) is 1. The predicted molar refractivity (Wildman–Crippen MR) is 160 cm³/mol. The molecular weight excluding hydrogens is 514 g/mol. The van der Waals surface area contributed by atoms with E-state index >= 15 is 0 Å². The Kier molecular flexibility index (Phi) is 8.74. The number of likely N-dealkylation sites (tertiary alicyclic amines) is 1. The first-order valence-corrected chi connectivity index (χ1v) is 15.5. The van der Waals surface area contributed by atoms with Gasteiger partial charge in [-0.3, -0.25) is 4.79 Å². The van der Waals surface area contributed by atoms with Gasteiger partial charge in [-0.05, 0) is 60.1 Å². The monoisotopic (exact) mass is 561 g/mol. The fraction of sp³-hybridized carbons (Fsp3) is 0.618. The standard InChI is InChI=1S/C34H47N3O4/c1-21-12-9-10-17-26(21)32(38)37-29(23-13-7-6-8-14-23)28(27(34(2,3)4)30(37)33(39)40)35-20-25-18-24(22-15-11-16-22)19-36-31(25)41-5/h6-8,13-14,18-19,21-22,26-30,35H,9-12,15-17,20H2,1-5H3,(H,39,40)/t21?,26?,27-,28-,29-,30-/m0/s1. The third-order valence-electron chi connectivity index (χ3n) is 9.99. The molecule has 1 aromatic heterocycles. The lowest BCUT2D eigenvalue weighted by molar-refractivity contribution is -0.155. The highest BCUT2D eigenvalue weighted by Gasteiger charge is 2.58. The molecule has 222 valence electrons. The molecule has 3 fully saturated rings. The number of carbonyl (C=O) groups is 2. The van der Waals surface area contributed by atoms with Crippen LogP contribution in [0.4, 0.5) is 0 Å². The van der Waals surface area contributed by atoms with Crippen molar-refractivity contribution in [3.05, 3.63) is 59.3 Å². The number of amides is 1. The molecule has 41 heavy (non-hydrogen) atoms. The molecular formula is C34H47N3O4. The Bertz CT molecular complexity index is 1220. The van der Waals surface area contributed by atoms with Gasteiger partial charge in [-0.25, -0.2) is 9.78 Å². The number of methoxy groups -OCH3 is 1. The van der Waals surface area contributed by atoms with Crippen molar-refractivity contribution in [3.8, 4) is 5.88 Å². The zero-order valence-corrected chi connectivity index (χ0v) is 25.3. The summed E-state index contributed by atoms with van der Waals surface area (Å²) < 4.78 is 5.65. The fourth-order valence-corrected chi connectivity index (χ4v) is 7.62. The molecule has 1 aliphatic heterocycles. The van der Waals surface area contributed by atoms with Gasteiger partial charge in [0.2, 0.25) is 11.8 Å². The molecule has 2 heterocycles. The maximum absolute atomic E-state index is 14.5. The molecule has 2 aliphatic carbocycles. The highest BCUT2D eigenvalue weighted by atomic mass is 16.5. The second-order valence-corrected chi connectivity index (χ2v) is 13.6. The van der Waals surface area contributed by atoms with Gasteiger partial charge in [0.1, 0.15) is 6.04 Å². The van der Waals surface area contributed by atoms with Crippen LogP contribution in [-0.2, 0) is 16.1 Å². The maximum Gasteiger partial charge on any atom is 0.326 e. The molecule has 2 aromatic rings. The van der Waals surface area contributed by atoms with E-state index in [0.717, 1.165) is 36.8 Å². The maximum atomic E-state index is 14.5. The lowest BCUT2D eigenvalue weighted by atomic mass is 9.72. The van der Waals surface area contributed by atoms with E-state index in [1.54, 1.807) is 12.0 Å². The summed E-state index contributed by atoms with van der Waals surface area (Å²) in [6.07, 6.45) is 9.51. The minimum atomic E-state index is -0.932. The van der Waals surface area contributed by atoms with Crippen LogP contribution >= 0.6 is 0 Å². The minimum Gasteiger partial charge on any atom is -0.481 e. The summed E-state index contributed by atoms with van der Waals surface area (Å²) in [5.41, 5.74) is 2.79. The number of aliphatic carboxylic acids is 1. The Morgan fingerprint density at radius 2 is 1.76 bits per heavy atom. The van der Waals surface area contributed by atoms with Crippen LogP contribution in [0.2, 0.25) is 0 Å². The highest BCUT2D eigenvalue weighted by Crippen LogP contribution is 2.50. The van der Waals surface area contributed by atoms with Gasteiger partial charge in [-0.15, -0.1) is 0 Å². The number of hydrogen-bond donors (Lipinski definition) is 2. The molecule has 7 nitrogen and oxygen atoms in total. The average molecular weight is 562 g/mol. The van der Waals surface area contributed by atoms with Crippen LogP contribution in [0.15, 0.2) is 42.6 Å². The zero-order valence-electron chi connectivity index (χ0n) is 25.3. The molecule has 0 spiro atoms. The number of ether oxygens (including phenoxy) is 1. The van der Waals surface area contributed by atoms with Crippen LogP contribution < -0.4 is 10.1 Å². The van der Waals surface area contributed by atoms with Gasteiger partial charge >= 0.3 is 5.97 Å². The number of carboxylic acid groups (broad SMARTS) is 1. The van der Waals surface area contributed by atoms with Crippen molar-refractivity contribution >= 4 is 11.9 Å². The number of nitrogens with zero attached hydrogens (tertiary/aromatic N) is 2. The molecule has 0 bridgehead atoms. The molecule has 1 amide bonds.